The summed E-state index contributed by atoms with van der Waals surface area (Å²) in [5.74, 6) is -0.658. The average molecular weight is 917 g/mol. The van der Waals surface area contributed by atoms with Crippen molar-refractivity contribution in [1.82, 2.24) is 30.1 Å². The summed E-state index contributed by atoms with van der Waals surface area (Å²) in [5.41, 5.74) is 3.18. The van der Waals surface area contributed by atoms with Crippen molar-refractivity contribution in [1.29, 1.82) is 0 Å². The first-order chi connectivity index (χ1) is 29.1. The van der Waals surface area contributed by atoms with Gasteiger partial charge in [-0.1, -0.05) is 33.7 Å². The van der Waals surface area contributed by atoms with Gasteiger partial charge in [-0.25, -0.2) is 23.9 Å². The minimum absolute atomic E-state index is 0.00588. The summed E-state index contributed by atoms with van der Waals surface area (Å²) < 4.78 is 35.9. The normalized spacial score (nSPS) is 18.7. The van der Waals surface area contributed by atoms with Crippen molar-refractivity contribution in [2.45, 2.75) is 66.9 Å². The van der Waals surface area contributed by atoms with E-state index in [1.807, 2.05) is 13.8 Å². The quantitative estimate of drug-likeness (QED) is 0.0646. The number of carboxylic acid groups (broad SMARTS) is 1. The van der Waals surface area contributed by atoms with Crippen LogP contribution in [-0.2, 0) is 40.4 Å². The first-order valence-corrected chi connectivity index (χ1v) is 23.4. The molecule has 2 aromatic heterocycles. The summed E-state index contributed by atoms with van der Waals surface area (Å²) in [6, 6.07) is 7.13. The molecule has 2 aliphatic rings. The molecule has 4 aromatic rings. The molecular weight excluding hydrogens is 873 g/mol. The van der Waals surface area contributed by atoms with E-state index in [1.54, 1.807) is 45.4 Å². The van der Waals surface area contributed by atoms with Crippen LogP contribution in [-0.4, -0.2) is 125 Å². The number of hydrogen-bond acceptors (Lipinski definition) is 16. The topological polar surface area (TPSA) is 238 Å². The van der Waals surface area contributed by atoms with Crippen molar-refractivity contribution in [2.24, 2.45) is 0 Å². The zero-order chi connectivity index (χ0) is 44.2. The van der Waals surface area contributed by atoms with Crippen LogP contribution in [0.2, 0.25) is 0 Å². The Bertz CT molecular complexity index is 2360. The number of thioether (sulfide) groups is 1. The molecule has 22 heteroatoms. The molecule has 0 aliphatic carbocycles. The van der Waals surface area contributed by atoms with E-state index in [1.165, 1.54) is 74.2 Å². The van der Waals surface area contributed by atoms with E-state index in [0.29, 0.717) is 45.3 Å². The highest BCUT2D eigenvalue weighted by atomic mass is 33.1. The first-order valence-electron chi connectivity index (χ1n) is 18.7. The number of nitrogens with one attached hydrogen (secondary N) is 2. The molecule has 6 rings (SSSR count). The number of ether oxygens (including phenoxy) is 4. The Hall–Kier alpha value is -5.19. The van der Waals surface area contributed by atoms with Crippen molar-refractivity contribution in [3.63, 3.8) is 0 Å². The van der Waals surface area contributed by atoms with Crippen LogP contribution >= 0.6 is 33.3 Å². The number of phenolic OH excluding ortho intramolecular Hbond substituents is 1. The number of aryl methyl sites for hydroxylation is 1. The number of pyridine rings is 1. The molecule has 5 atom stereocenters. The lowest BCUT2D eigenvalue weighted by Gasteiger charge is -2.44. The van der Waals surface area contributed by atoms with Gasteiger partial charge in [0, 0.05) is 39.6 Å². The maximum absolute atomic E-state index is 13.8. The number of aromatic nitrogens is 3. The molecule has 0 spiro atoms. The predicted molar refractivity (Wildman–Crippen MR) is 229 cm³/mol. The summed E-state index contributed by atoms with van der Waals surface area (Å²) in [7, 11) is 3.95. The Balaban J connectivity index is 0.988. The highest BCUT2D eigenvalue weighted by Gasteiger charge is 2.64. The van der Waals surface area contributed by atoms with Gasteiger partial charge in [0.2, 0.25) is 17.0 Å². The number of carbonyl (C=O) groups is 5. The van der Waals surface area contributed by atoms with E-state index in [2.05, 4.69) is 20.6 Å². The highest BCUT2D eigenvalue weighted by molar-refractivity contribution is 8.76. The molecule has 2 aromatic carbocycles. The number of amides is 3. The Morgan fingerprint density at radius 1 is 1.02 bits per heavy atom. The Labute approximate surface area is 365 Å². The average Bonchev–Trinajstić information content (AvgIpc) is 3.73. The van der Waals surface area contributed by atoms with Gasteiger partial charge in [-0.3, -0.25) is 18.8 Å². The van der Waals surface area contributed by atoms with Crippen LogP contribution in [0.4, 0.5) is 9.59 Å². The van der Waals surface area contributed by atoms with E-state index in [9.17, 15) is 38.4 Å². The molecule has 4 N–H and O–H groups in total. The third kappa shape index (κ3) is 9.81. The molecule has 2 fully saturated rings. The lowest BCUT2D eigenvalue weighted by Crippen LogP contribution is -2.71. The number of carboxylic acids is 1. The van der Waals surface area contributed by atoms with Crippen LogP contribution in [0.25, 0.3) is 11.0 Å². The zero-order valence-electron chi connectivity index (χ0n) is 33.9. The fraction of sp³-hybridized carbons (Fsp3) is 0.410. The monoisotopic (exact) mass is 916 g/mol. The Kier molecular flexibility index (Phi) is 14.3. The molecule has 3 amide bonds. The van der Waals surface area contributed by atoms with Gasteiger partial charge >= 0.3 is 18.2 Å². The number of aromatic hydroxyl groups is 1. The lowest BCUT2D eigenvalue weighted by molar-refractivity contribution is -0.161. The van der Waals surface area contributed by atoms with Crippen molar-refractivity contribution < 1.29 is 57.3 Å². The van der Waals surface area contributed by atoms with Gasteiger partial charge in [-0.2, -0.15) is 0 Å². The predicted octanol–water partition coefficient (Wildman–Crippen LogP) is 4.54. The molecule has 4 heterocycles. The summed E-state index contributed by atoms with van der Waals surface area (Å²) in [6.07, 6.45) is -0.0460. The fourth-order valence-corrected chi connectivity index (χ4v) is 11.4. The van der Waals surface area contributed by atoms with E-state index >= 15 is 0 Å². The Morgan fingerprint density at radius 3 is 2.36 bits per heavy atom. The number of fused-ring (bicyclic) bond motifs is 2. The molecule has 2 aliphatic heterocycles. The maximum atomic E-state index is 13.8. The number of phenols is 1. The van der Waals surface area contributed by atoms with Crippen molar-refractivity contribution in [3.8, 4) is 17.2 Å². The summed E-state index contributed by atoms with van der Waals surface area (Å²) in [6.45, 7) is 7.07. The molecule has 326 valence electrons. The van der Waals surface area contributed by atoms with Gasteiger partial charge in [-0.05, 0) is 57.5 Å². The van der Waals surface area contributed by atoms with Gasteiger partial charge in [0.25, 0.3) is 0 Å². The molecular formula is C39H44N6O12S4. The molecule has 0 radical (unpaired) electrons. The summed E-state index contributed by atoms with van der Waals surface area (Å²) >= 11 is 1.27. The molecule has 3 unspecified atom stereocenters. The Morgan fingerprint density at radius 2 is 1.70 bits per heavy atom. The molecule has 0 bridgehead atoms. The molecule has 0 saturated carbocycles. The van der Waals surface area contributed by atoms with E-state index in [-0.39, 0.29) is 29.9 Å². The third-order valence-corrected chi connectivity index (χ3v) is 15.0. The van der Waals surface area contributed by atoms with Crippen LogP contribution in [0.1, 0.15) is 42.3 Å². The number of aliphatic carboxylic acids is 1. The number of alkyl carbamates (subject to hydrolysis) is 1. The molecule has 2 saturated heterocycles. The lowest BCUT2D eigenvalue weighted by atomic mass is 9.95. The fourth-order valence-electron chi connectivity index (χ4n) is 6.92. The smallest absolute Gasteiger partial charge is 0.420 e. The van der Waals surface area contributed by atoms with Gasteiger partial charge in [0.15, 0.2) is 0 Å². The van der Waals surface area contributed by atoms with Crippen molar-refractivity contribution >= 4 is 85.2 Å². The van der Waals surface area contributed by atoms with Crippen LogP contribution in [0.3, 0.4) is 0 Å². The number of carbonyl (C=O) groups excluding carboxylic acids is 4. The standard InChI is InChI=1S/C39H44N6O12S4/c1-20-18-40-26(21(2)30(20)55-6)19-61(53)36-41-25-17-24(54-5)11-12-27(25)44(36)38(52)57-14-16-59-58-15-13-56-37(51)43-28(22-7-9-23(46)10-8-22)32(47)42-29-33(48)45-31(35(49)50)39(3,4)60-34(29)45/h7-12,17-18,28-29,31,34,46H,13-16,19H2,1-6H3,(H,42,47)(H,43,51)(H,49,50)/t28?,29-,31?,34-,61?/m1/s1. The van der Waals surface area contributed by atoms with Crippen LogP contribution in [0, 0.1) is 13.8 Å². The second-order valence-corrected chi connectivity index (χ2v) is 20.1. The van der Waals surface area contributed by atoms with Crippen molar-refractivity contribution in [2.75, 3.05) is 38.9 Å². The number of rotatable bonds is 17. The summed E-state index contributed by atoms with van der Waals surface area (Å²) in [5, 5.41) is 24.1. The molecule has 18 nitrogen and oxygen atoms in total. The van der Waals surface area contributed by atoms with Crippen LogP contribution < -0.4 is 20.1 Å². The SMILES string of the molecule is COc1ccc2c(c1)nc(S(=O)Cc1ncc(C)c(OC)c1C)n2C(=O)OCCSSCCOC(=O)NC(C(=O)N[C@@H]1C(=O)N2C(C(=O)O)C(C)(C)S[C@H]12)c1ccc(O)cc1. The first kappa shape index (κ1) is 45.3. The molecule has 61 heavy (non-hydrogen) atoms. The maximum Gasteiger partial charge on any atom is 0.420 e. The van der Waals surface area contributed by atoms with E-state index < -0.39 is 69.0 Å². The van der Waals surface area contributed by atoms with Gasteiger partial charge < -0.3 is 44.7 Å². The number of benzene rings is 2. The number of imidazole rings is 1. The second kappa shape index (κ2) is 19.2. The number of methoxy groups -OCH3 is 2. The number of β-lactam (4-membered cyclic amide) rings is 1. The number of nitrogens with zero attached hydrogens (tertiary/aromatic N) is 4. The van der Waals surface area contributed by atoms with Crippen LogP contribution in [0.5, 0.6) is 17.2 Å². The minimum Gasteiger partial charge on any atom is -0.508 e. The van der Waals surface area contributed by atoms with Gasteiger partial charge in [-0.15, -0.1) is 11.8 Å². The second-order valence-electron chi connectivity index (χ2n) is 14.3. The van der Waals surface area contributed by atoms with Crippen LogP contribution in [0.15, 0.2) is 53.8 Å². The van der Waals surface area contributed by atoms with Gasteiger partial charge in [0.05, 0.1) is 47.5 Å². The minimum atomic E-state index is -1.81. The highest BCUT2D eigenvalue weighted by Crippen LogP contribution is 2.51. The largest absolute Gasteiger partial charge is 0.508 e. The van der Waals surface area contributed by atoms with E-state index in [0.717, 1.165) is 11.1 Å². The number of hydrogen-bond donors (Lipinski definition) is 4. The van der Waals surface area contributed by atoms with E-state index in [4.69, 9.17) is 18.9 Å². The zero-order valence-corrected chi connectivity index (χ0v) is 37.1. The summed E-state index contributed by atoms with van der Waals surface area (Å²) in [4.78, 5) is 75.0. The van der Waals surface area contributed by atoms with Crippen molar-refractivity contribution in [3.05, 3.63) is 71.0 Å². The van der Waals surface area contributed by atoms with Gasteiger partial charge in [0.1, 0.15) is 54.0 Å². The third-order valence-electron chi connectivity index (χ3n) is 9.83.